The monoisotopic (exact) mass is 327 g/mol. The van der Waals surface area contributed by atoms with E-state index in [1.54, 1.807) is 6.92 Å². The van der Waals surface area contributed by atoms with Crippen LogP contribution in [0.25, 0.3) is 0 Å². The molecule has 120 valence electrons. The molecule has 0 bridgehead atoms. The van der Waals surface area contributed by atoms with Gasteiger partial charge in [0, 0.05) is 12.2 Å². The lowest BCUT2D eigenvalue weighted by Gasteiger charge is -2.13. The quantitative estimate of drug-likeness (QED) is 0.860. The maximum Gasteiger partial charge on any atom is 0.433 e. The van der Waals surface area contributed by atoms with E-state index >= 15 is 0 Å². The Bertz CT molecular complexity index is 587. The Hall–Kier alpha value is -1.35. The van der Waals surface area contributed by atoms with E-state index in [1.165, 1.54) is 0 Å². The standard InChI is InChI=1S/C12H16F3NO4S/c1-8(5-17)6-21(18,19)7-9-3-4-10(12(13,14)15)16-11(9)20-2/h3-4,8,17H,5-7H2,1-2H3. The van der Waals surface area contributed by atoms with Crippen LogP contribution in [0.5, 0.6) is 5.88 Å². The van der Waals surface area contributed by atoms with Crippen LogP contribution in [0.2, 0.25) is 0 Å². The SMILES string of the molecule is COc1nc(C(F)(F)F)ccc1CS(=O)(=O)CC(C)CO. The smallest absolute Gasteiger partial charge is 0.433 e. The molecule has 5 nitrogen and oxygen atoms in total. The number of methoxy groups -OCH3 is 1. The van der Waals surface area contributed by atoms with Gasteiger partial charge in [0.05, 0.1) is 18.6 Å². The minimum absolute atomic E-state index is 0.0515. The van der Waals surface area contributed by atoms with Crippen molar-refractivity contribution in [3.8, 4) is 5.88 Å². The van der Waals surface area contributed by atoms with Gasteiger partial charge in [0.15, 0.2) is 9.84 Å². The van der Waals surface area contributed by atoms with Gasteiger partial charge in [0.2, 0.25) is 5.88 Å². The van der Waals surface area contributed by atoms with Gasteiger partial charge in [-0.25, -0.2) is 13.4 Å². The van der Waals surface area contributed by atoms with Gasteiger partial charge in [-0.3, -0.25) is 0 Å². The third-order valence-corrected chi connectivity index (χ3v) is 4.48. The average molecular weight is 327 g/mol. The molecule has 0 aliphatic heterocycles. The topological polar surface area (TPSA) is 76.5 Å². The average Bonchev–Trinajstić information content (AvgIpc) is 2.36. The fourth-order valence-corrected chi connectivity index (χ4v) is 3.48. The molecular weight excluding hydrogens is 311 g/mol. The van der Waals surface area contributed by atoms with E-state index in [0.717, 1.165) is 13.2 Å². The van der Waals surface area contributed by atoms with E-state index < -0.39 is 33.4 Å². The molecular formula is C12H16F3NO4S. The van der Waals surface area contributed by atoms with Crippen LogP contribution in [-0.4, -0.2) is 38.0 Å². The highest BCUT2D eigenvalue weighted by atomic mass is 32.2. The van der Waals surface area contributed by atoms with E-state index in [4.69, 9.17) is 9.84 Å². The fourth-order valence-electron chi connectivity index (χ4n) is 1.70. The predicted octanol–water partition coefficient (Wildman–Crippen LogP) is 1.65. The van der Waals surface area contributed by atoms with E-state index in [1.807, 2.05) is 0 Å². The van der Waals surface area contributed by atoms with Gasteiger partial charge < -0.3 is 9.84 Å². The first-order chi connectivity index (χ1) is 9.59. The van der Waals surface area contributed by atoms with Gasteiger partial charge in [0.25, 0.3) is 0 Å². The van der Waals surface area contributed by atoms with Crippen molar-refractivity contribution in [1.29, 1.82) is 0 Å². The molecule has 0 saturated heterocycles. The number of halogens is 3. The number of nitrogens with zero attached hydrogens (tertiary/aromatic N) is 1. The van der Waals surface area contributed by atoms with E-state index in [9.17, 15) is 21.6 Å². The first-order valence-electron chi connectivity index (χ1n) is 6.01. The number of ether oxygens (including phenoxy) is 1. The molecule has 1 aromatic heterocycles. The van der Waals surface area contributed by atoms with Crippen molar-refractivity contribution in [2.24, 2.45) is 5.92 Å². The van der Waals surface area contributed by atoms with Crippen LogP contribution < -0.4 is 4.74 Å². The molecule has 9 heteroatoms. The number of alkyl halides is 3. The zero-order valence-corrected chi connectivity index (χ0v) is 12.3. The largest absolute Gasteiger partial charge is 0.481 e. The Morgan fingerprint density at radius 3 is 2.48 bits per heavy atom. The lowest BCUT2D eigenvalue weighted by Crippen LogP contribution is -2.19. The number of pyridine rings is 1. The van der Waals surface area contributed by atoms with Crippen LogP contribution in [-0.2, 0) is 21.8 Å². The van der Waals surface area contributed by atoms with Crippen molar-refractivity contribution < 1.29 is 31.4 Å². The lowest BCUT2D eigenvalue weighted by molar-refractivity contribution is -0.141. The van der Waals surface area contributed by atoms with E-state index in [2.05, 4.69) is 4.98 Å². The summed E-state index contributed by atoms with van der Waals surface area (Å²) in [7, 11) is -2.47. The molecule has 0 aliphatic carbocycles. The minimum atomic E-state index is -4.63. The molecule has 21 heavy (non-hydrogen) atoms. The molecule has 0 fully saturated rings. The third kappa shape index (κ3) is 5.16. The van der Waals surface area contributed by atoms with E-state index in [-0.39, 0.29) is 23.8 Å². The summed E-state index contributed by atoms with van der Waals surface area (Å²) in [5.41, 5.74) is -1.10. The number of aliphatic hydroxyl groups is 1. The number of hydrogen-bond donors (Lipinski definition) is 1. The van der Waals surface area contributed by atoms with E-state index in [0.29, 0.717) is 6.07 Å². The summed E-state index contributed by atoms with van der Waals surface area (Å²) in [6, 6.07) is 1.75. The summed E-state index contributed by atoms with van der Waals surface area (Å²) in [5, 5.41) is 8.86. The van der Waals surface area contributed by atoms with Crippen molar-refractivity contribution in [3.05, 3.63) is 23.4 Å². The molecule has 1 N–H and O–H groups in total. The molecule has 0 aliphatic rings. The third-order valence-electron chi connectivity index (χ3n) is 2.65. The number of sulfone groups is 1. The molecule has 0 aromatic carbocycles. The number of aliphatic hydroxyl groups excluding tert-OH is 1. The van der Waals surface area contributed by atoms with Gasteiger partial charge in [-0.1, -0.05) is 13.0 Å². The van der Waals surface area contributed by atoms with Gasteiger partial charge >= 0.3 is 6.18 Å². The lowest BCUT2D eigenvalue weighted by atomic mass is 10.2. The maximum absolute atomic E-state index is 12.5. The Morgan fingerprint density at radius 2 is 2.00 bits per heavy atom. The first kappa shape index (κ1) is 17.7. The summed E-state index contributed by atoms with van der Waals surface area (Å²) in [5.74, 6) is -1.59. The van der Waals surface area contributed by atoms with Crippen LogP contribution in [0.4, 0.5) is 13.2 Å². The Kier molecular flexibility index (Phi) is 5.57. The Morgan fingerprint density at radius 1 is 1.38 bits per heavy atom. The highest BCUT2D eigenvalue weighted by molar-refractivity contribution is 7.90. The second-order valence-electron chi connectivity index (χ2n) is 4.70. The molecule has 1 atom stereocenters. The van der Waals surface area contributed by atoms with Crippen LogP contribution in [0.1, 0.15) is 18.2 Å². The zero-order chi connectivity index (χ0) is 16.3. The molecule has 0 radical (unpaired) electrons. The number of rotatable bonds is 6. The summed E-state index contributed by atoms with van der Waals surface area (Å²) in [6.07, 6.45) is -4.63. The first-order valence-corrected chi connectivity index (χ1v) is 7.83. The number of aromatic nitrogens is 1. The Balaban J connectivity index is 3.04. The van der Waals surface area contributed by atoms with Crippen LogP contribution >= 0.6 is 0 Å². The molecule has 0 saturated carbocycles. The summed E-state index contributed by atoms with van der Waals surface area (Å²) < 4.78 is 66.1. The van der Waals surface area contributed by atoms with Crippen LogP contribution in [0.3, 0.4) is 0 Å². The van der Waals surface area contributed by atoms with Crippen LogP contribution in [0, 0.1) is 5.92 Å². The van der Waals surface area contributed by atoms with Crippen LogP contribution in [0.15, 0.2) is 12.1 Å². The van der Waals surface area contributed by atoms with Crippen molar-refractivity contribution in [2.75, 3.05) is 19.5 Å². The number of hydrogen-bond acceptors (Lipinski definition) is 5. The van der Waals surface area contributed by atoms with Crippen molar-refractivity contribution in [3.63, 3.8) is 0 Å². The second kappa shape index (κ2) is 6.61. The summed E-state index contributed by atoms with van der Waals surface area (Å²) in [4.78, 5) is 3.28. The molecule has 0 spiro atoms. The normalized spacial score (nSPS) is 14.0. The molecule has 1 rings (SSSR count). The summed E-state index contributed by atoms with van der Waals surface area (Å²) >= 11 is 0. The van der Waals surface area contributed by atoms with Crippen molar-refractivity contribution in [1.82, 2.24) is 4.98 Å². The minimum Gasteiger partial charge on any atom is -0.481 e. The predicted molar refractivity (Wildman–Crippen MR) is 69.5 cm³/mol. The summed E-state index contributed by atoms with van der Waals surface area (Å²) in [6.45, 7) is 1.27. The highest BCUT2D eigenvalue weighted by Gasteiger charge is 2.33. The molecule has 1 heterocycles. The Labute approximate surface area is 120 Å². The molecule has 0 amide bonds. The van der Waals surface area contributed by atoms with Crippen molar-refractivity contribution >= 4 is 9.84 Å². The molecule has 1 unspecified atom stereocenters. The highest BCUT2D eigenvalue weighted by Crippen LogP contribution is 2.30. The zero-order valence-electron chi connectivity index (χ0n) is 11.5. The van der Waals surface area contributed by atoms with Gasteiger partial charge in [-0.15, -0.1) is 0 Å². The fraction of sp³-hybridized carbons (Fsp3) is 0.583. The van der Waals surface area contributed by atoms with Gasteiger partial charge in [-0.2, -0.15) is 13.2 Å². The van der Waals surface area contributed by atoms with Gasteiger partial charge in [-0.05, 0) is 12.0 Å². The van der Waals surface area contributed by atoms with Gasteiger partial charge in [0.1, 0.15) is 5.69 Å². The molecule has 1 aromatic rings. The second-order valence-corrected chi connectivity index (χ2v) is 6.81. The maximum atomic E-state index is 12.5. The van der Waals surface area contributed by atoms with Crippen molar-refractivity contribution in [2.45, 2.75) is 18.9 Å².